The number of ether oxygens (including phenoxy) is 1. The van der Waals surface area contributed by atoms with Gasteiger partial charge < -0.3 is 14.5 Å². The minimum absolute atomic E-state index is 0.182. The Kier molecular flexibility index (Phi) is 5.87. The van der Waals surface area contributed by atoms with Crippen LogP contribution in [0.4, 0.5) is 11.4 Å². The van der Waals surface area contributed by atoms with Gasteiger partial charge in [-0.25, -0.2) is 8.42 Å². The zero-order chi connectivity index (χ0) is 23.9. The van der Waals surface area contributed by atoms with Crippen molar-refractivity contribution >= 4 is 38.9 Å². The average molecular weight is 498 g/mol. The van der Waals surface area contributed by atoms with Crippen LogP contribution in [-0.2, 0) is 14.8 Å². The zero-order valence-electron chi connectivity index (χ0n) is 18.6. The first-order valence-electron chi connectivity index (χ1n) is 11.0. The number of fused-ring (bicyclic) bond motifs is 3. The number of carbonyl (C=O) groups excluding carboxylic acids is 1. The Morgan fingerprint density at radius 3 is 2.35 bits per heavy atom. The maximum absolute atomic E-state index is 13.5. The van der Waals surface area contributed by atoms with Gasteiger partial charge in [0.25, 0.3) is 10.0 Å². The molecule has 0 radical (unpaired) electrons. The third kappa shape index (κ3) is 3.97. The average Bonchev–Trinajstić information content (AvgIpc) is 2.87. The van der Waals surface area contributed by atoms with Gasteiger partial charge >= 0.3 is 0 Å². The molecule has 2 aliphatic rings. The van der Waals surface area contributed by atoms with E-state index in [4.69, 9.17) is 16.3 Å². The van der Waals surface area contributed by atoms with Gasteiger partial charge in [-0.3, -0.25) is 9.10 Å². The van der Waals surface area contributed by atoms with E-state index in [-0.39, 0.29) is 17.3 Å². The Balaban J connectivity index is 1.35. The molecule has 0 spiro atoms. The Hall–Kier alpha value is -3.23. The fraction of sp³-hybridized carbons (Fsp3) is 0.240. The second-order valence-electron chi connectivity index (χ2n) is 8.24. The van der Waals surface area contributed by atoms with E-state index in [0.29, 0.717) is 48.0 Å². The van der Waals surface area contributed by atoms with Crippen LogP contribution in [-0.4, -0.2) is 59.1 Å². The zero-order valence-corrected chi connectivity index (χ0v) is 20.2. The second kappa shape index (κ2) is 8.85. The summed E-state index contributed by atoms with van der Waals surface area (Å²) in [6, 6.07) is 19.7. The van der Waals surface area contributed by atoms with E-state index in [1.807, 2.05) is 24.3 Å². The Morgan fingerprint density at radius 1 is 0.941 bits per heavy atom. The molecule has 0 saturated carbocycles. The monoisotopic (exact) mass is 497 g/mol. The molecule has 2 aliphatic heterocycles. The maximum Gasteiger partial charge on any atom is 0.265 e. The Morgan fingerprint density at radius 2 is 1.65 bits per heavy atom. The van der Waals surface area contributed by atoms with Crippen molar-refractivity contribution in [2.45, 2.75) is 4.90 Å². The molecule has 1 fully saturated rings. The first-order chi connectivity index (χ1) is 16.4. The van der Waals surface area contributed by atoms with Gasteiger partial charge in [-0.2, -0.15) is 0 Å². The minimum atomic E-state index is -3.88. The lowest BCUT2D eigenvalue weighted by Gasteiger charge is -2.38. The summed E-state index contributed by atoms with van der Waals surface area (Å²) in [5, 5.41) is 0.508. The van der Waals surface area contributed by atoms with Crippen LogP contribution in [0.2, 0.25) is 5.02 Å². The molecule has 34 heavy (non-hydrogen) atoms. The summed E-state index contributed by atoms with van der Waals surface area (Å²) < 4.78 is 33.3. The summed E-state index contributed by atoms with van der Waals surface area (Å²) >= 11 is 6.22. The number of benzene rings is 3. The van der Waals surface area contributed by atoms with E-state index < -0.39 is 10.0 Å². The van der Waals surface area contributed by atoms with Crippen LogP contribution in [0.25, 0.3) is 11.1 Å². The lowest BCUT2D eigenvalue weighted by molar-refractivity contribution is -0.129. The van der Waals surface area contributed by atoms with Crippen molar-refractivity contribution in [3.63, 3.8) is 0 Å². The number of nitrogens with zero attached hydrogens (tertiary/aromatic N) is 3. The molecular formula is C25H24ClN3O4S. The number of hydrogen-bond donors (Lipinski definition) is 0. The number of amides is 1. The third-order valence-corrected chi connectivity index (χ3v) is 8.37. The van der Waals surface area contributed by atoms with Crippen molar-refractivity contribution in [2.24, 2.45) is 0 Å². The number of rotatable bonds is 4. The normalized spacial score (nSPS) is 16.6. The van der Waals surface area contributed by atoms with Gasteiger partial charge in [0, 0.05) is 48.0 Å². The van der Waals surface area contributed by atoms with Crippen molar-refractivity contribution in [2.75, 3.05) is 49.0 Å². The van der Waals surface area contributed by atoms with E-state index >= 15 is 0 Å². The molecule has 5 rings (SSSR count). The summed E-state index contributed by atoms with van der Waals surface area (Å²) in [4.78, 5) is 17.3. The molecule has 3 aromatic carbocycles. The van der Waals surface area contributed by atoms with Crippen molar-refractivity contribution in [1.82, 2.24) is 4.90 Å². The molecule has 1 saturated heterocycles. The number of hydrogen-bond acceptors (Lipinski definition) is 5. The first kappa shape index (κ1) is 22.6. The van der Waals surface area contributed by atoms with Crippen LogP contribution in [0.3, 0.4) is 0 Å². The number of piperazine rings is 1. The van der Waals surface area contributed by atoms with Crippen LogP contribution in [0.15, 0.2) is 71.6 Å². The smallest absolute Gasteiger partial charge is 0.265 e. The van der Waals surface area contributed by atoms with E-state index in [9.17, 15) is 13.2 Å². The SMILES string of the molecule is COc1ccc(N2CCN(C(=O)CN3c4ccc(Cl)cc4-c4ccccc4S3(=O)=O)CC2)cc1. The summed E-state index contributed by atoms with van der Waals surface area (Å²) in [7, 11) is -2.25. The minimum Gasteiger partial charge on any atom is -0.497 e. The maximum atomic E-state index is 13.5. The van der Waals surface area contributed by atoms with Crippen LogP contribution < -0.4 is 13.9 Å². The molecule has 1 amide bonds. The fourth-order valence-electron chi connectivity index (χ4n) is 4.50. The number of methoxy groups -OCH3 is 1. The van der Waals surface area contributed by atoms with Crippen molar-refractivity contribution in [3.05, 3.63) is 71.8 Å². The van der Waals surface area contributed by atoms with Crippen molar-refractivity contribution < 1.29 is 17.9 Å². The molecule has 0 atom stereocenters. The van der Waals surface area contributed by atoms with Gasteiger partial charge in [0.2, 0.25) is 5.91 Å². The number of anilines is 2. The first-order valence-corrected chi connectivity index (χ1v) is 12.8. The van der Waals surface area contributed by atoms with E-state index in [0.717, 1.165) is 11.4 Å². The van der Waals surface area contributed by atoms with Gasteiger partial charge in [-0.05, 0) is 48.5 Å². The third-order valence-electron chi connectivity index (χ3n) is 6.32. The van der Waals surface area contributed by atoms with Gasteiger partial charge in [-0.1, -0.05) is 29.8 Å². The van der Waals surface area contributed by atoms with E-state index in [1.54, 1.807) is 54.5 Å². The summed E-state index contributed by atoms with van der Waals surface area (Å²) in [5.74, 6) is 0.571. The topological polar surface area (TPSA) is 70.2 Å². The number of sulfonamides is 1. The molecule has 7 nitrogen and oxygen atoms in total. The number of halogens is 1. The fourth-order valence-corrected chi connectivity index (χ4v) is 6.32. The van der Waals surface area contributed by atoms with Crippen LogP contribution in [0, 0.1) is 0 Å². The lowest BCUT2D eigenvalue weighted by Crippen LogP contribution is -2.52. The van der Waals surface area contributed by atoms with Crippen molar-refractivity contribution in [1.29, 1.82) is 0 Å². The van der Waals surface area contributed by atoms with Crippen LogP contribution >= 0.6 is 11.6 Å². The standard InChI is InChI=1S/C25H24ClN3O4S/c1-33-20-9-7-19(8-10-20)27-12-14-28(15-13-27)25(30)17-29-23-11-6-18(26)16-22(23)21-4-2-3-5-24(21)34(29,31)32/h2-11,16H,12-15,17H2,1H3. The van der Waals surface area contributed by atoms with Crippen LogP contribution in [0.1, 0.15) is 0 Å². The highest BCUT2D eigenvalue weighted by molar-refractivity contribution is 7.93. The van der Waals surface area contributed by atoms with Crippen LogP contribution in [0.5, 0.6) is 5.75 Å². The molecule has 0 N–H and O–H groups in total. The molecule has 0 bridgehead atoms. The van der Waals surface area contributed by atoms with E-state index in [2.05, 4.69) is 4.90 Å². The summed E-state index contributed by atoms with van der Waals surface area (Å²) in [5.41, 5.74) is 2.83. The largest absolute Gasteiger partial charge is 0.497 e. The second-order valence-corrected chi connectivity index (χ2v) is 10.5. The summed E-state index contributed by atoms with van der Waals surface area (Å²) in [6.45, 7) is 2.11. The van der Waals surface area contributed by atoms with E-state index in [1.165, 1.54) is 4.31 Å². The van der Waals surface area contributed by atoms with Crippen molar-refractivity contribution in [3.8, 4) is 16.9 Å². The molecular weight excluding hydrogens is 474 g/mol. The molecule has 2 heterocycles. The van der Waals surface area contributed by atoms with Gasteiger partial charge in [0.15, 0.2) is 0 Å². The molecule has 0 aromatic heterocycles. The highest BCUT2D eigenvalue weighted by Gasteiger charge is 2.37. The predicted octanol–water partition coefficient (Wildman–Crippen LogP) is 3.87. The highest BCUT2D eigenvalue weighted by atomic mass is 35.5. The molecule has 176 valence electrons. The Bertz CT molecular complexity index is 1340. The van der Waals surface area contributed by atoms with Gasteiger partial charge in [0.05, 0.1) is 17.7 Å². The summed E-state index contributed by atoms with van der Waals surface area (Å²) in [6.07, 6.45) is 0. The molecule has 0 unspecified atom stereocenters. The molecule has 3 aromatic rings. The number of carbonyl (C=O) groups is 1. The van der Waals surface area contributed by atoms with Gasteiger partial charge in [0.1, 0.15) is 12.3 Å². The lowest BCUT2D eigenvalue weighted by atomic mass is 10.0. The quantitative estimate of drug-likeness (QED) is 0.547. The van der Waals surface area contributed by atoms with Gasteiger partial charge in [-0.15, -0.1) is 0 Å². The Labute approximate surface area is 204 Å². The molecule has 0 aliphatic carbocycles. The molecule has 9 heteroatoms. The predicted molar refractivity (Wildman–Crippen MR) is 133 cm³/mol. The highest BCUT2D eigenvalue weighted by Crippen LogP contribution is 2.43.